The van der Waals surface area contributed by atoms with Crippen molar-refractivity contribution in [1.82, 2.24) is 15.4 Å². The van der Waals surface area contributed by atoms with E-state index in [2.05, 4.69) is 22.3 Å². The molecule has 1 aromatic carbocycles. The van der Waals surface area contributed by atoms with E-state index in [-0.39, 0.29) is 42.2 Å². The first kappa shape index (κ1) is 23.5. The van der Waals surface area contributed by atoms with E-state index in [0.29, 0.717) is 17.4 Å². The minimum atomic E-state index is -3.74. The normalized spacial score (nSPS) is 19.7. The van der Waals surface area contributed by atoms with Crippen LogP contribution < -0.4 is 24.8 Å². The van der Waals surface area contributed by atoms with E-state index >= 15 is 0 Å². The van der Waals surface area contributed by atoms with Gasteiger partial charge in [0.2, 0.25) is 15.9 Å². The number of carbonyl (C=O) groups is 1. The molecule has 1 amide bonds. The van der Waals surface area contributed by atoms with Gasteiger partial charge in [0.05, 0.1) is 19.1 Å². The summed E-state index contributed by atoms with van der Waals surface area (Å²) in [5, 5.41) is 6.20. The summed E-state index contributed by atoms with van der Waals surface area (Å²) in [6.45, 7) is 3.82. The third kappa shape index (κ3) is 6.53. The summed E-state index contributed by atoms with van der Waals surface area (Å²) in [5.41, 5.74) is 0. The third-order valence-electron chi connectivity index (χ3n) is 4.48. The molecule has 1 fully saturated rings. The molecule has 2 atom stereocenters. The fraction of sp³-hybridized carbons (Fsp3) is 0.588. The molecule has 1 saturated heterocycles. The quantitative estimate of drug-likeness (QED) is 0.576. The van der Waals surface area contributed by atoms with Gasteiger partial charge in [-0.3, -0.25) is 4.79 Å². The van der Waals surface area contributed by atoms with Gasteiger partial charge in [0.25, 0.3) is 0 Å². The summed E-state index contributed by atoms with van der Waals surface area (Å²) in [5.74, 6) is 1.01. The van der Waals surface area contributed by atoms with Crippen molar-refractivity contribution in [3.8, 4) is 11.5 Å². The molecule has 3 N–H and O–H groups in total. The zero-order valence-corrected chi connectivity index (χ0v) is 17.4. The van der Waals surface area contributed by atoms with E-state index in [0.717, 1.165) is 19.5 Å². The average Bonchev–Trinajstić information content (AvgIpc) is 2.62. The Morgan fingerprint density at radius 3 is 2.59 bits per heavy atom. The second-order valence-corrected chi connectivity index (χ2v) is 8.08. The van der Waals surface area contributed by atoms with Crippen LogP contribution in [0.1, 0.15) is 19.8 Å². The molecule has 1 aliphatic heterocycles. The monoisotopic (exact) mass is 421 g/mol. The van der Waals surface area contributed by atoms with Crippen molar-refractivity contribution in [1.29, 1.82) is 0 Å². The van der Waals surface area contributed by atoms with Crippen LogP contribution in [0.5, 0.6) is 11.5 Å². The highest BCUT2D eigenvalue weighted by Gasteiger charge is 2.23. The second kappa shape index (κ2) is 10.7. The van der Waals surface area contributed by atoms with Gasteiger partial charge in [-0.1, -0.05) is 6.92 Å². The maximum absolute atomic E-state index is 12.4. The van der Waals surface area contributed by atoms with E-state index in [1.807, 2.05) is 0 Å². The highest BCUT2D eigenvalue weighted by molar-refractivity contribution is 7.89. The number of halogens is 1. The fourth-order valence-corrected chi connectivity index (χ4v) is 3.87. The first-order valence-electron chi connectivity index (χ1n) is 8.59. The Balaban J connectivity index is 0.00000364. The minimum Gasteiger partial charge on any atom is -0.493 e. The Morgan fingerprint density at radius 2 is 1.96 bits per heavy atom. The van der Waals surface area contributed by atoms with Crippen LogP contribution in [0, 0.1) is 5.92 Å². The second-order valence-electron chi connectivity index (χ2n) is 6.31. The Labute approximate surface area is 166 Å². The van der Waals surface area contributed by atoms with Gasteiger partial charge in [-0.15, -0.1) is 12.4 Å². The van der Waals surface area contributed by atoms with E-state index in [1.165, 1.54) is 32.4 Å². The minimum absolute atomic E-state index is 0. The Morgan fingerprint density at radius 1 is 1.26 bits per heavy atom. The number of hydrogen-bond acceptors (Lipinski definition) is 6. The van der Waals surface area contributed by atoms with Crippen LogP contribution >= 0.6 is 12.4 Å². The van der Waals surface area contributed by atoms with Crippen molar-refractivity contribution in [3.63, 3.8) is 0 Å². The van der Waals surface area contributed by atoms with E-state index in [1.54, 1.807) is 0 Å². The maximum Gasteiger partial charge on any atom is 0.240 e. The molecule has 27 heavy (non-hydrogen) atoms. The number of ether oxygens (including phenoxy) is 2. The number of benzene rings is 1. The molecule has 0 aliphatic carbocycles. The number of methoxy groups -OCH3 is 2. The van der Waals surface area contributed by atoms with Gasteiger partial charge in [0, 0.05) is 31.6 Å². The average molecular weight is 422 g/mol. The summed E-state index contributed by atoms with van der Waals surface area (Å²) in [6, 6.07) is 4.42. The van der Waals surface area contributed by atoms with Crippen molar-refractivity contribution >= 4 is 28.3 Å². The topological polar surface area (TPSA) is 106 Å². The number of carbonyl (C=O) groups excluding carboxylic acids is 1. The van der Waals surface area contributed by atoms with Gasteiger partial charge in [-0.25, -0.2) is 13.1 Å². The van der Waals surface area contributed by atoms with Gasteiger partial charge in [0.1, 0.15) is 0 Å². The van der Waals surface area contributed by atoms with Crippen LogP contribution in [-0.4, -0.2) is 54.2 Å². The zero-order chi connectivity index (χ0) is 19.2. The summed E-state index contributed by atoms with van der Waals surface area (Å²) in [7, 11) is -0.820. The van der Waals surface area contributed by atoms with E-state index in [4.69, 9.17) is 9.47 Å². The van der Waals surface area contributed by atoms with Crippen LogP contribution in [-0.2, 0) is 14.8 Å². The lowest BCUT2D eigenvalue weighted by Gasteiger charge is -2.30. The molecule has 0 aromatic heterocycles. The molecule has 2 rings (SSSR count). The van der Waals surface area contributed by atoms with Crippen molar-refractivity contribution in [2.45, 2.75) is 30.7 Å². The Bertz CT molecular complexity index is 729. The lowest BCUT2D eigenvalue weighted by atomic mass is 9.95. The van der Waals surface area contributed by atoms with Crippen LogP contribution in [0.4, 0.5) is 0 Å². The molecule has 1 heterocycles. The standard InChI is InChI=1S/C17H27N3O5S.ClH/c1-12-6-8-18-11-14(12)20-17(21)7-9-19-26(22,23)13-4-5-15(24-2)16(10-13)25-3;/h4-5,10,12,14,18-19H,6-9,11H2,1-3H3,(H,20,21);1H. The summed E-state index contributed by atoms with van der Waals surface area (Å²) in [4.78, 5) is 12.1. The first-order chi connectivity index (χ1) is 12.4. The predicted molar refractivity (Wildman–Crippen MR) is 105 cm³/mol. The zero-order valence-electron chi connectivity index (χ0n) is 15.8. The van der Waals surface area contributed by atoms with Crippen LogP contribution in [0.2, 0.25) is 0 Å². The first-order valence-corrected chi connectivity index (χ1v) is 10.1. The van der Waals surface area contributed by atoms with Gasteiger partial charge in [-0.05, 0) is 31.0 Å². The molecule has 1 aliphatic rings. The number of piperidine rings is 1. The van der Waals surface area contributed by atoms with Crippen molar-refractivity contribution in [2.24, 2.45) is 5.92 Å². The van der Waals surface area contributed by atoms with Gasteiger partial charge in [0.15, 0.2) is 11.5 Å². The SMILES string of the molecule is COc1ccc(S(=O)(=O)NCCC(=O)NC2CNCCC2C)cc1OC.Cl. The maximum atomic E-state index is 12.4. The number of nitrogens with one attached hydrogen (secondary N) is 3. The molecule has 0 spiro atoms. The number of hydrogen-bond donors (Lipinski definition) is 3. The van der Waals surface area contributed by atoms with Gasteiger partial charge in [-0.2, -0.15) is 0 Å². The predicted octanol–water partition coefficient (Wildman–Crippen LogP) is 0.908. The highest BCUT2D eigenvalue weighted by Crippen LogP contribution is 2.29. The molecule has 10 heteroatoms. The van der Waals surface area contributed by atoms with E-state index in [9.17, 15) is 13.2 Å². The van der Waals surface area contributed by atoms with Gasteiger partial charge >= 0.3 is 0 Å². The van der Waals surface area contributed by atoms with Crippen molar-refractivity contribution in [2.75, 3.05) is 33.9 Å². The van der Waals surface area contributed by atoms with Crippen LogP contribution in [0.3, 0.4) is 0 Å². The molecule has 0 bridgehead atoms. The molecule has 2 unspecified atom stereocenters. The summed E-state index contributed by atoms with van der Waals surface area (Å²) in [6.07, 6.45) is 1.09. The third-order valence-corrected chi connectivity index (χ3v) is 5.94. The lowest BCUT2D eigenvalue weighted by molar-refractivity contribution is -0.122. The van der Waals surface area contributed by atoms with Crippen molar-refractivity contribution in [3.05, 3.63) is 18.2 Å². The lowest BCUT2D eigenvalue weighted by Crippen LogP contribution is -2.50. The van der Waals surface area contributed by atoms with Crippen LogP contribution in [0.15, 0.2) is 23.1 Å². The molecular weight excluding hydrogens is 394 g/mol. The molecular formula is C17H28ClN3O5S. The largest absolute Gasteiger partial charge is 0.493 e. The number of sulfonamides is 1. The Hall–Kier alpha value is -1.55. The molecule has 0 radical (unpaired) electrons. The summed E-state index contributed by atoms with van der Waals surface area (Å²) >= 11 is 0. The smallest absolute Gasteiger partial charge is 0.240 e. The van der Waals surface area contributed by atoms with Crippen LogP contribution in [0.25, 0.3) is 0 Å². The Kier molecular flexibility index (Phi) is 9.31. The molecule has 0 saturated carbocycles. The van der Waals surface area contributed by atoms with Crippen molar-refractivity contribution < 1.29 is 22.7 Å². The summed E-state index contributed by atoms with van der Waals surface area (Å²) < 4.78 is 37.4. The fourth-order valence-electron chi connectivity index (χ4n) is 2.83. The molecule has 1 aromatic rings. The number of amides is 1. The molecule has 8 nitrogen and oxygen atoms in total. The highest BCUT2D eigenvalue weighted by atomic mass is 35.5. The van der Waals surface area contributed by atoms with E-state index < -0.39 is 10.0 Å². The molecule has 154 valence electrons. The number of rotatable bonds is 8. The van der Waals surface area contributed by atoms with Gasteiger partial charge < -0.3 is 20.1 Å².